The van der Waals surface area contributed by atoms with Crippen molar-refractivity contribution in [2.45, 2.75) is 38.0 Å². The SMILES string of the molecule is [B]C1CC(=O)NC(=O)C1N1Cc2c(OCc3ccc(CN4CCOCC4)cc3)cccc2C1=O. The Kier molecular flexibility index (Phi) is 6.39. The van der Waals surface area contributed by atoms with Gasteiger partial charge >= 0.3 is 0 Å². The third-order valence-corrected chi connectivity index (χ3v) is 6.57. The molecule has 0 aromatic heterocycles. The average Bonchev–Trinajstić information content (AvgIpc) is 3.15. The molecule has 5 rings (SSSR count). The second-order valence-electron chi connectivity index (χ2n) is 8.93. The second-order valence-corrected chi connectivity index (χ2v) is 8.93. The third-order valence-electron chi connectivity index (χ3n) is 6.57. The van der Waals surface area contributed by atoms with Gasteiger partial charge in [-0.1, -0.05) is 30.3 Å². The zero-order valence-electron chi connectivity index (χ0n) is 18.9. The molecule has 3 aliphatic rings. The van der Waals surface area contributed by atoms with Gasteiger partial charge in [-0.2, -0.15) is 0 Å². The first-order valence-corrected chi connectivity index (χ1v) is 11.5. The van der Waals surface area contributed by atoms with E-state index in [4.69, 9.17) is 17.3 Å². The number of fused-ring (bicyclic) bond motifs is 1. The molecule has 0 saturated carbocycles. The summed E-state index contributed by atoms with van der Waals surface area (Å²) >= 11 is 0. The molecule has 2 atom stereocenters. The van der Waals surface area contributed by atoms with Gasteiger partial charge in [0.25, 0.3) is 5.91 Å². The summed E-state index contributed by atoms with van der Waals surface area (Å²) in [5, 5.41) is 2.28. The minimum absolute atomic E-state index is 0.00141. The Balaban J connectivity index is 1.25. The van der Waals surface area contributed by atoms with Gasteiger partial charge in [0, 0.05) is 37.2 Å². The highest BCUT2D eigenvalue weighted by molar-refractivity contribution is 6.20. The topological polar surface area (TPSA) is 88.2 Å². The summed E-state index contributed by atoms with van der Waals surface area (Å²) in [5.74, 6) is -1.37. The first-order valence-electron chi connectivity index (χ1n) is 11.5. The fourth-order valence-electron chi connectivity index (χ4n) is 4.76. The zero-order valence-corrected chi connectivity index (χ0v) is 18.9. The number of nitrogens with one attached hydrogen (secondary N) is 1. The van der Waals surface area contributed by atoms with Crippen molar-refractivity contribution in [3.8, 4) is 5.75 Å². The number of nitrogens with zero attached hydrogens (tertiary/aromatic N) is 2. The van der Waals surface area contributed by atoms with Crippen LogP contribution in [0.15, 0.2) is 42.5 Å². The molecule has 174 valence electrons. The highest BCUT2D eigenvalue weighted by Crippen LogP contribution is 2.35. The van der Waals surface area contributed by atoms with Crippen molar-refractivity contribution in [2.24, 2.45) is 0 Å². The number of hydrogen-bond acceptors (Lipinski definition) is 6. The van der Waals surface area contributed by atoms with E-state index in [0.29, 0.717) is 17.9 Å². The monoisotopic (exact) mass is 459 g/mol. The van der Waals surface area contributed by atoms with Gasteiger partial charge in [-0.15, -0.1) is 0 Å². The van der Waals surface area contributed by atoms with Crippen LogP contribution in [0.4, 0.5) is 0 Å². The van der Waals surface area contributed by atoms with Gasteiger partial charge in [-0.25, -0.2) is 0 Å². The molecule has 2 unspecified atom stereocenters. The normalized spacial score (nSPS) is 23.1. The largest absolute Gasteiger partial charge is 0.489 e. The number of hydrogen-bond donors (Lipinski definition) is 1. The summed E-state index contributed by atoms with van der Waals surface area (Å²) in [4.78, 5) is 40.8. The van der Waals surface area contributed by atoms with E-state index >= 15 is 0 Å². The standard InChI is InChI=1S/C25H26BN3O5/c26-20-12-22(30)27-24(31)23(20)29-14-19-18(25(29)32)2-1-3-21(19)34-15-17-6-4-16(5-7-17)13-28-8-10-33-11-9-28/h1-7,20,23H,8-15H2,(H,27,30,31). The Bertz CT molecular complexity index is 1100. The van der Waals surface area contributed by atoms with Gasteiger partial charge in [0.2, 0.25) is 11.8 Å². The van der Waals surface area contributed by atoms with Crippen LogP contribution in [0.2, 0.25) is 5.82 Å². The predicted molar refractivity (Wildman–Crippen MR) is 124 cm³/mol. The highest BCUT2D eigenvalue weighted by atomic mass is 16.5. The number of carbonyl (C=O) groups is 3. The van der Waals surface area contributed by atoms with Crippen molar-refractivity contribution >= 4 is 25.6 Å². The molecule has 2 aromatic rings. The lowest BCUT2D eigenvalue weighted by atomic mass is 9.75. The minimum atomic E-state index is -0.885. The first-order chi connectivity index (χ1) is 16.5. The molecule has 8 nitrogen and oxygen atoms in total. The van der Waals surface area contributed by atoms with E-state index in [1.165, 1.54) is 10.5 Å². The molecule has 2 saturated heterocycles. The lowest BCUT2D eigenvalue weighted by Crippen LogP contribution is -2.55. The average molecular weight is 459 g/mol. The van der Waals surface area contributed by atoms with E-state index < -0.39 is 23.7 Å². The number of amides is 3. The molecular formula is C25H26BN3O5. The second kappa shape index (κ2) is 9.60. The fourth-order valence-corrected chi connectivity index (χ4v) is 4.76. The molecule has 1 N–H and O–H groups in total. The van der Waals surface area contributed by atoms with Gasteiger partial charge in [0.05, 0.1) is 27.6 Å². The molecule has 2 fully saturated rings. The van der Waals surface area contributed by atoms with Gasteiger partial charge in [-0.05, 0) is 29.1 Å². The van der Waals surface area contributed by atoms with E-state index in [0.717, 1.165) is 44.0 Å². The van der Waals surface area contributed by atoms with Crippen molar-refractivity contribution in [3.63, 3.8) is 0 Å². The van der Waals surface area contributed by atoms with E-state index in [1.54, 1.807) is 12.1 Å². The van der Waals surface area contributed by atoms with E-state index in [1.807, 2.05) is 6.07 Å². The van der Waals surface area contributed by atoms with Crippen LogP contribution in [-0.4, -0.2) is 67.7 Å². The number of imide groups is 1. The van der Waals surface area contributed by atoms with Crippen LogP contribution < -0.4 is 10.1 Å². The van der Waals surface area contributed by atoms with Crippen LogP contribution in [-0.2, 0) is 34.0 Å². The smallest absolute Gasteiger partial charge is 0.255 e. The molecule has 34 heavy (non-hydrogen) atoms. The van der Waals surface area contributed by atoms with Gasteiger partial charge in [0.15, 0.2) is 0 Å². The molecule has 3 amide bonds. The fraction of sp³-hybridized carbons (Fsp3) is 0.400. The summed E-state index contributed by atoms with van der Waals surface area (Å²) in [6, 6.07) is 12.8. The van der Waals surface area contributed by atoms with Crippen LogP contribution in [0.5, 0.6) is 5.75 Å². The third kappa shape index (κ3) is 4.58. The molecule has 0 bridgehead atoms. The van der Waals surface area contributed by atoms with Gasteiger partial charge in [0.1, 0.15) is 18.4 Å². The Labute approximate surface area is 199 Å². The van der Waals surface area contributed by atoms with Crippen molar-refractivity contribution < 1.29 is 23.9 Å². The lowest BCUT2D eigenvalue weighted by molar-refractivity contribution is -0.136. The number of carbonyl (C=O) groups excluding carboxylic acids is 3. The molecule has 3 aliphatic heterocycles. The van der Waals surface area contributed by atoms with E-state index in [2.05, 4.69) is 34.5 Å². The van der Waals surface area contributed by atoms with Crippen LogP contribution in [0.3, 0.4) is 0 Å². The van der Waals surface area contributed by atoms with Crippen molar-refractivity contribution in [1.29, 1.82) is 0 Å². The van der Waals surface area contributed by atoms with Crippen molar-refractivity contribution in [3.05, 3.63) is 64.7 Å². The minimum Gasteiger partial charge on any atom is -0.489 e. The molecule has 0 aliphatic carbocycles. The maximum Gasteiger partial charge on any atom is 0.255 e. The molecule has 0 spiro atoms. The maximum atomic E-state index is 13.0. The molecule has 9 heteroatoms. The Morgan fingerprint density at radius 2 is 1.76 bits per heavy atom. The molecular weight excluding hydrogens is 433 g/mol. The van der Waals surface area contributed by atoms with Crippen LogP contribution >= 0.6 is 0 Å². The summed E-state index contributed by atoms with van der Waals surface area (Å²) in [7, 11) is 6.06. The Morgan fingerprint density at radius 1 is 1.03 bits per heavy atom. The van der Waals surface area contributed by atoms with Gasteiger partial charge < -0.3 is 14.4 Å². The number of morpholine rings is 1. The van der Waals surface area contributed by atoms with E-state index in [9.17, 15) is 14.4 Å². The van der Waals surface area contributed by atoms with Crippen LogP contribution in [0.25, 0.3) is 0 Å². The molecule has 3 heterocycles. The number of piperidine rings is 1. The Morgan fingerprint density at radius 3 is 2.50 bits per heavy atom. The van der Waals surface area contributed by atoms with Crippen LogP contribution in [0, 0.1) is 0 Å². The number of ether oxygens (including phenoxy) is 2. The highest BCUT2D eigenvalue weighted by Gasteiger charge is 2.43. The molecule has 2 radical (unpaired) electrons. The summed E-state index contributed by atoms with van der Waals surface area (Å²) in [6.07, 6.45) is 0.00141. The Hall–Kier alpha value is -3.17. The van der Waals surface area contributed by atoms with Crippen molar-refractivity contribution in [2.75, 3.05) is 26.3 Å². The number of benzene rings is 2. The lowest BCUT2D eigenvalue weighted by Gasteiger charge is -2.34. The number of rotatable bonds is 6. The van der Waals surface area contributed by atoms with Gasteiger partial charge in [-0.3, -0.25) is 24.6 Å². The van der Waals surface area contributed by atoms with Crippen molar-refractivity contribution in [1.82, 2.24) is 15.1 Å². The quantitative estimate of drug-likeness (QED) is 0.520. The summed E-state index contributed by atoms with van der Waals surface area (Å²) in [5.41, 5.74) is 3.49. The van der Waals surface area contributed by atoms with Crippen LogP contribution in [0.1, 0.15) is 33.5 Å². The summed E-state index contributed by atoms with van der Waals surface area (Å²) in [6.45, 7) is 4.93. The molecule has 2 aromatic carbocycles. The zero-order chi connectivity index (χ0) is 23.7. The predicted octanol–water partition coefficient (Wildman–Crippen LogP) is 1.43. The maximum absolute atomic E-state index is 13.0. The summed E-state index contributed by atoms with van der Waals surface area (Å²) < 4.78 is 11.5. The first kappa shape index (κ1) is 22.6. The van der Waals surface area contributed by atoms with E-state index in [-0.39, 0.29) is 18.9 Å².